The molecule has 0 aromatic heterocycles. The van der Waals surface area contributed by atoms with Gasteiger partial charge in [-0.05, 0) is 26.7 Å². The SMILES string of the molecule is CCOC(=O)CCCOc1c2ccccc2c(OCCCC(=O)OCC)c2ccccc12. The average Bonchev–Trinajstić information content (AvgIpc) is 2.80. The van der Waals surface area contributed by atoms with Gasteiger partial charge >= 0.3 is 11.9 Å². The minimum absolute atomic E-state index is 0.211. The number of hydrogen-bond acceptors (Lipinski definition) is 6. The standard InChI is InChI=1S/C26H30O6/c1-3-29-23(27)15-9-17-31-25-19-11-5-7-13-21(19)26(22-14-8-6-12-20(22)25)32-18-10-16-24(28)30-4-2/h5-8,11-14H,3-4,9-10,15-18H2,1-2H3. The highest BCUT2D eigenvalue weighted by Crippen LogP contribution is 2.42. The Kier molecular flexibility index (Phi) is 8.72. The maximum absolute atomic E-state index is 11.6. The molecule has 3 aromatic rings. The summed E-state index contributed by atoms with van der Waals surface area (Å²) in [5.41, 5.74) is 0. The fourth-order valence-electron chi connectivity index (χ4n) is 3.61. The number of carbonyl (C=O) groups excluding carboxylic acids is 2. The Morgan fingerprint density at radius 1 is 0.625 bits per heavy atom. The van der Waals surface area contributed by atoms with Crippen molar-refractivity contribution in [2.45, 2.75) is 39.5 Å². The van der Waals surface area contributed by atoms with E-state index in [0.717, 1.165) is 33.0 Å². The summed E-state index contributed by atoms with van der Waals surface area (Å²) in [5.74, 6) is 1.13. The lowest BCUT2D eigenvalue weighted by atomic mass is 10.0. The van der Waals surface area contributed by atoms with E-state index in [4.69, 9.17) is 18.9 Å². The van der Waals surface area contributed by atoms with Crippen LogP contribution in [-0.4, -0.2) is 38.4 Å². The van der Waals surface area contributed by atoms with Gasteiger partial charge in [-0.15, -0.1) is 0 Å². The first-order valence-electron chi connectivity index (χ1n) is 11.2. The van der Waals surface area contributed by atoms with E-state index in [0.29, 0.717) is 52.1 Å². The Morgan fingerprint density at radius 2 is 0.969 bits per heavy atom. The Morgan fingerprint density at radius 3 is 1.28 bits per heavy atom. The summed E-state index contributed by atoms with van der Waals surface area (Å²) in [4.78, 5) is 23.2. The molecule has 0 aliphatic rings. The van der Waals surface area contributed by atoms with E-state index >= 15 is 0 Å². The zero-order chi connectivity index (χ0) is 22.8. The predicted molar refractivity (Wildman–Crippen MR) is 124 cm³/mol. The molecule has 0 saturated heterocycles. The fraction of sp³-hybridized carbons (Fsp3) is 0.385. The highest BCUT2D eigenvalue weighted by Gasteiger charge is 2.16. The van der Waals surface area contributed by atoms with E-state index in [-0.39, 0.29) is 11.9 Å². The summed E-state index contributed by atoms with van der Waals surface area (Å²) in [6.45, 7) is 5.19. The van der Waals surface area contributed by atoms with Crippen molar-refractivity contribution in [2.24, 2.45) is 0 Å². The van der Waals surface area contributed by atoms with Crippen molar-refractivity contribution in [2.75, 3.05) is 26.4 Å². The normalized spacial score (nSPS) is 10.8. The molecule has 0 aliphatic heterocycles. The number of carbonyl (C=O) groups is 2. The molecule has 0 spiro atoms. The second-order valence-electron chi connectivity index (χ2n) is 7.26. The van der Waals surface area contributed by atoms with E-state index in [1.54, 1.807) is 13.8 Å². The Bertz CT molecular complexity index is 918. The van der Waals surface area contributed by atoms with Crippen molar-refractivity contribution >= 4 is 33.5 Å². The summed E-state index contributed by atoms with van der Waals surface area (Å²) < 4.78 is 22.3. The van der Waals surface area contributed by atoms with Crippen LogP contribution in [0.15, 0.2) is 48.5 Å². The highest BCUT2D eigenvalue weighted by molar-refractivity contribution is 6.11. The van der Waals surface area contributed by atoms with Crippen LogP contribution in [0.1, 0.15) is 39.5 Å². The van der Waals surface area contributed by atoms with Gasteiger partial charge in [0.2, 0.25) is 0 Å². The van der Waals surface area contributed by atoms with Gasteiger partial charge in [-0.1, -0.05) is 48.5 Å². The average molecular weight is 439 g/mol. The molecular formula is C26H30O6. The van der Waals surface area contributed by atoms with Gasteiger partial charge in [0, 0.05) is 34.4 Å². The number of hydrogen-bond donors (Lipinski definition) is 0. The summed E-state index contributed by atoms with van der Waals surface area (Å²) in [6, 6.07) is 15.9. The third-order valence-electron chi connectivity index (χ3n) is 4.99. The molecule has 0 heterocycles. The van der Waals surface area contributed by atoms with Crippen LogP contribution in [-0.2, 0) is 19.1 Å². The first-order valence-corrected chi connectivity index (χ1v) is 11.2. The van der Waals surface area contributed by atoms with Gasteiger partial charge in [-0.25, -0.2) is 0 Å². The smallest absolute Gasteiger partial charge is 0.305 e. The van der Waals surface area contributed by atoms with Crippen LogP contribution in [0.3, 0.4) is 0 Å². The predicted octanol–water partition coefficient (Wildman–Crippen LogP) is 5.44. The molecule has 0 amide bonds. The van der Waals surface area contributed by atoms with Crippen molar-refractivity contribution < 1.29 is 28.5 Å². The summed E-state index contributed by atoms with van der Waals surface area (Å²) in [7, 11) is 0. The van der Waals surface area contributed by atoms with Crippen LogP contribution < -0.4 is 9.47 Å². The number of ether oxygens (including phenoxy) is 4. The van der Waals surface area contributed by atoms with Crippen LogP contribution in [0.2, 0.25) is 0 Å². The molecular weight excluding hydrogens is 408 g/mol. The molecule has 0 fully saturated rings. The van der Waals surface area contributed by atoms with E-state index in [9.17, 15) is 9.59 Å². The van der Waals surface area contributed by atoms with Crippen LogP contribution in [0, 0.1) is 0 Å². The van der Waals surface area contributed by atoms with Crippen LogP contribution in [0.5, 0.6) is 11.5 Å². The summed E-state index contributed by atoms with van der Waals surface area (Å²) in [5, 5.41) is 3.79. The lowest BCUT2D eigenvalue weighted by molar-refractivity contribution is -0.144. The van der Waals surface area contributed by atoms with E-state index in [1.165, 1.54) is 0 Å². The molecule has 0 aliphatic carbocycles. The minimum atomic E-state index is -0.211. The molecule has 6 nitrogen and oxygen atoms in total. The maximum Gasteiger partial charge on any atom is 0.305 e. The third kappa shape index (κ3) is 5.90. The van der Waals surface area contributed by atoms with E-state index < -0.39 is 0 Å². The molecule has 32 heavy (non-hydrogen) atoms. The molecule has 0 atom stereocenters. The van der Waals surface area contributed by atoms with Crippen molar-refractivity contribution in [3.05, 3.63) is 48.5 Å². The first kappa shape index (κ1) is 23.4. The minimum Gasteiger partial charge on any atom is -0.492 e. The highest BCUT2D eigenvalue weighted by atomic mass is 16.5. The third-order valence-corrected chi connectivity index (χ3v) is 4.99. The topological polar surface area (TPSA) is 71.1 Å². The summed E-state index contributed by atoms with van der Waals surface area (Å²) in [6.07, 6.45) is 1.80. The quantitative estimate of drug-likeness (QED) is 0.213. The number of benzene rings is 3. The molecule has 3 aromatic carbocycles. The molecule has 3 rings (SSSR count). The van der Waals surface area contributed by atoms with Crippen LogP contribution in [0.25, 0.3) is 21.5 Å². The number of rotatable bonds is 12. The van der Waals surface area contributed by atoms with Gasteiger partial charge in [0.25, 0.3) is 0 Å². The van der Waals surface area contributed by atoms with Gasteiger partial charge in [0.1, 0.15) is 11.5 Å². The maximum atomic E-state index is 11.6. The Labute approximate surface area is 188 Å². The molecule has 0 N–H and O–H groups in total. The largest absolute Gasteiger partial charge is 0.492 e. The molecule has 170 valence electrons. The lowest BCUT2D eigenvalue weighted by Crippen LogP contribution is -2.08. The molecule has 0 unspecified atom stereocenters. The molecule has 0 radical (unpaired) electrons. The van der Waals surface area contributed by atoms with Crippen molar-refractivity contribution in [3.63, 3.8) is 0 Å². The van der Waals surface area contributed by atoms with E-state index in [1.807, 2.05) is 48.5 Å². The van der Waals surface area contributed by atoms with Gasteiger partial charge in [-0.2, -0.15) is 0 Å². The monoisotopic (exact) mass is 438 g/mol. The first-order chi connectivity index (χ1) is 15.7. The molecule has 0 saturated carbocycles. The zero-order valence-corrected chi connectivity index (χ0v) is 18.7. The Balaban J connectivity index is 1.82. The van der Waals surface area contributed by atoms with E-state index in [2.05, 4.69) is 0 Å². The van der Waals surface area contributed by atoms with Gasteiger partial charge < -0.3 is 18.9 Å². The van der Waals surface area contributed by atoms with Gasteiger partial charge in [0.05, 0.1) is 26.4 Å². The van der Waals surface area contributed by atoms with Gasteiger partial charge in [-0.3, -0.25) is 9.59 Å². The second-order valence-corrected chi connectivity index (χ2v) is 7.26. The summed E-state index contributed by atoms with van der Waals surface area (Å²) >= 11 is 0. The van der Waals surface area contributed by atoms with Crippen molar-refractivity contribution in [1.82, 2.24) is 0 Å². The zero-order valence-electron chi connectivity index (χ0n) is 18.7. The van der Waals surface area contributed by atoms with Crippen molar-refractivity contribution in [1.29, 1.82) is 0 Å². The van der Waals surface area contributed by atoms with Crippen molar-refractivity contribution in [3.8, 4) is 11.5 Å². The van der Waals surface area contributed by atoms with Crippen LogP contribution >= 0.6 is 0 Å². The molecule has 0 bridgehead atoms. The van der Waals surface area contributed by atoms with Crippen LogP contribution in [0.4, 0.5) is 0 Å². The lowest BCUT2D eigenvalue weighted by Gasteiger charge is -2.18. The number of fused-ring (bicyclic) bond motifs is 2. The molecule has 6 heteroatoms. The number of esters is 2. The Hall–Kier alpha value is -3.28. The van der Waals surface area contributed by atoms with Gasteiger partial charge in [0.15, 0.2) is 0 Å². The second kappa shape index (κ2) is 11.9. The fourth-order valence-corrected chi connectivity index (χ4v) is 3.61.